The predicted octanol–water partition coefficient (Wildman–Crippen LogP) is 3.49. The molecule has 3 nitrogen and oxygen atoms in total. The van der Waals surface area contributed by atoms with Gasteiger partial charge in [-0.15, -0.1) is 0 Å². The van der Waals surface area contributed by atoms with Gasteiger partial charge in [-0.05, 0) is 19.3 Å². The highest BCUT2D eigenvalue weighted by atomic mass is 31.2. The van der Waals surface area contributed by atoms with Gasteiger partial charge in [0.25, 0.3) is 0 Å². The second-order valence-electron chi connectivity index (χ2n) is 5.13. The van der Waals surface area contributed by atoms with Crippen LogP contribution in [-0.2, 0) is 13.6 Å². The Labute approximate surface area is 88.1 Å². The molecular formula is C10H21O3P. The molecule has 1 heterocycles. The van der Waals surface area contributed by atoms with Crippen LogP contribution in [0.3, 0.4) is 0 Å². The molecule has 0 radical (unpaired) electrons. The molecule has 0 spiro atoms. The van der Waals surface area contributed by atoms with Crippen LogP contribution in [0.5, 0.6) is 0 Å². The van der Waals surface area contributed by atoms with Crippen LogP contribution in [0.4, 0.5) is 0 Å². The van der Waals surface area contributed by atoms with Crippen molar-refractivity contribution >= 4 is 8.60 Å². The van der Waals surface area contributed by atoms with Crippen molar-refractivity contribution in [3.63, 3.8) is 0 Å². The van der Waals surface area contributed by atoms with Crippen LogP contribution in [0, 0.1) is 5.41 Å². The molecule has 14 heavy (non-hydrogen) atoms. The van der Waals surface area contributed by atoms with Crippen LogP contribution in [0.1, 0.15) is 41.0 Å². The van der Waals surface area contributed by atoms with Gasteiger partial charge < -0.3 is 13.6 Å². The number of hydrogen-bond acceptors (Lipinski definition) is 3. The zero-order chi connectivity index (χ0) is 10.8. The Hall–Kier alpha value is 0.310. The third kappa shape index (κ3) is 4.70. The summed E-state index contributed by atoms with van der Waals surface area (Å²) in [4.78, 5) is 0. The summed E-state index contributed by atoms with van der Waals surface area (Å²) in [5.41, 5.74) is 0.166. The largest absolute Gasteiger partial charge is 0.333 e. The van der Waals surface area contributed by atoms with Crippen molar-refractivity contribution in [2.45, 2.75) is 53.2 Å². The van der Waals surface area contributed by atoms with Gasteiger partial charge in [-0.2, -0.15) is 0 Å². The van der Waals surface area contributed by atoms with E-state index >= 15 is 0 Å². The van der Waals surface area contributed by atoms with Crippen LogP contribution < -0.4 is 0 Å². The highest BCUT2D eigenvalue weighted by Crippen LogP contribution is 2.47. The zero-order valence-electron chi connectivity index (χ0n) is 9.74. The average molecular weight is 220 g/mol. The molecular weight excluding hydrogens is 199 g/mol. The van der Waals surface area contributed by atoms with Crippen LogP contribution in [-0.4, -0.2) is 18.8 Å². The van der Waals surface area contributed by atoms with Gasteiger partial charge in [0.1, 0.15) is 0 Å². The molecule has 1 saturated heterocycles. The van der Waals surface area contributed by atoms with Crippen molar-refractivity contribution in [2.75, 3.05) is 6.61 Å². The van der Waals surface area contributed by atoms with Gasteiger partial charge in [0.2, 0.25) is 0 Å². The van der Waals surface area contributed by atoms with Crippen LogP contribution in [0.2, 0.25) is 0 Å². The fraction of sp³-hybridized carbons (Fsp3) is 1.00. The van der Waals surface area contributed by atoms with E-state index in [2.05, 4.69) is 34.6 Å². The van der Waals surface area contributed by atoms with E-state index in [1.165, 1.54) is 0 Å². The predicted molar refractivity (Wildman–Crippen MR) is 58.0 cm³/mol. The van der Waals surface area contributed by atoms with E-state index in [1.807, 2.05) is 0 Å². The molecule has 0 bridgehead atoms. The van der Waals surface area contributed by atoms with E-state index in [9.17, 15) is 0 Å². The van der Waals surface area contributed by atoms with E-state index in [0.29, 0.717) is 6.61 Å². The Morgan fingerprint density at radius 1 is 1.21 bits per heavy atom. The quantitative estimate of drug-likeness (QED) is 0.667. The minimum Gasteiger partial charge on any atom is -0.312 e. The Bertz CT molecular complexity index is 169. The van der Waals surface area contributed by atoms with E-state index in [4.69, 9.17) is 13.6 Å². The lowest BCUT2D eigenvalue weighted by atomic mass is 9.99. The Kier molecular flexibility index (Phi) is 4.32. The normalized spacial score (nSPS) is 34.5. The summed E-state index contributed by atoms with van der Waals surface area (Å²) < 4.78 is 16.8. The second kappa shape index (κ2) is 4.89. The number of hydrogen-bond donors (Lipinski definition) is 0. The molecule has 2 atom stereocenters. The summed E-state index contributed by atoms with van der Waals surface area (Å²) in [5.74, 6) is 0. The Balaban J connectivity index is 2.30. The lowest BCUT2D eigenvalue weighted by Gasteiger charge is -2.31. The van der Waals surface area contributed by atoms with Gasteiger partial charge in [-0.25, -0.2) is 0 Å². The second-order valence-corrected chi connectivity index (χ2v) is 6.25. The van der Waals surface area contributed by atoms with Gasteiger partial charge >= 0.3 is 8.60 Å². The van der Waals surface area contributed by atoms with E-state index in [0.717, 1.165) is 6.42 Å². The summed E-state index contributed by atoms with van der Waals surface area (Å²) >= 11 is 0. The van der Waals surface area contributed by atoms with Crippen molar-refractivity contribution in [1.82, 2.24) is 0 Å². The maximum Gasteiger partial charge on any atom is 0.333 e. The monoisotopic (exact) mass is 220 g/mol. The Morgan fingerprint density at radius 3 is 2.14 bits per heavy atom. The average Bonchev–Trinajstić information content (AvgIpc) is 1.97. The fourth-order valence-corrected chi connectivity index (χ4v) is 2.60. The highest BCUT2D eigenvalue weighted by Gasteiger charge is 2.28. The molecule has 1 fully saturated rings. The van der Waals surface area contributed by atoms with Crippen molar-refractivity contribution in [3.05, 3.63) is 0 Å². The minimum atomic E-state index is -1.11. The molecule has 4 heteroatoms. The molecule has 0 unspecified atom stereocenters. The van der Waals surface area contributed by atoms with Crippen LogP contribution in [0.25, 0.3) is 0 Å². The third-order valence-corrected chi connectivity index (χ3v) is 3.20. The van der Waals surface area contributed by atoms with Crippen molar-refractivity contribution in [2.24, 2.45) is 5.41 Å². The van der Waals surface area contributed by atoms with Crippen molar-refractivity contribution in [1.29, 1.82) is 0 Å². The molecule has 1 aliphatic rings. The molecule has 0 aromatic rings. The first-order chi connectivity index (χ1) is 6.37. The summed E-state index contributed by atoms with van der Waals surface area (Å²) in [6.07, 6.45) is 1.47. The molecule has 0 saturated carbocycles. The van der Waals surface area contributed by atoms with Gasteiger partial charge in [0, 0.05) is 6.42 Å². The molecule has 0 aromatic carbocycles. The smallest absolute Gasteiger partial charge is 0.312 e. The first kappa shape index (κ1) is 12.4. The summed E-state index contributed by atoms with van der Waals surface area (Å²) in [5, 5.41) is 0. The van der Waals surface area contributed by atoms with Gasteiger partial charge in [-0.1, -0.05) is 20.8 Å². The standard InChI is InChI=1S/C10H21O3P/c1-8-6-9(2)13-14(12-8)11-7-10(3,4)5/h8-9H,6-7H2,1-5H3/t8-,9-/m1/s1. The minimum absolute atomic E-state index is 0.166. The molecule has 0 amide bonds. The molecule has 0 aromatic heterocycles. The summed E-state index contributed by atoms with van der Waals surface area (Å²) in [7, 11) is -1.11. The molecule has 1 aliphatic heterocycles. The third-order valence-electron chi connectivity index (χ3n) is 1.80. The highest BCUT2D eigenvalue weighted by molar-refractivity contribution is 7.41. The van der Waals surface area contributed by atoms with Crippen LogP contribution >= 0.6 is 8.60 Å². The maximum absolute atomic E-state index is 5.61. The zero-order valence-corrected chi connectivity index (χ0v) is 10.6. The van der Waals surface area contributed by atoms with Crippen molar-refractivity contribution in [3.8, 4) is 0 Å². The van der Waals surface area contributed by atoms with E-state index in [1.54, 1.807) is 0 Å². The fourth-order valence-electron chi connectivity index (χ4n) is 1.18. The van der Waals surface area contributed by atoms with E-state index < -0.39 is 8.60 Å². The first-order valence-corrected chi connectivity index (χ1v) is 6.23. The number of rotatable bonds is 2. The summed E-state index contributed by atoms with van der Waals surface area (Å²) in [6, 6.07) is 0. The lowest BCUT2D eigenvalue weighted by molar-refractivity contribution is 0.0230. The summed E-state index contributed by atoms with van der Waals surface area (Å²) in [6.45, 7) is 11.2. The van der Waals surface area contributed by atoms with Gasteiger partial charge in [0.15, 0.2) is 0 Å². The molecule has 1 rings (SSSR count). The SMILES string of the molecule is C[C@@H]1C[C@@H](C)OP(OCC(C)(C)C)O1. The molecule has 0 N–H and O–H groups in total. The lowest BCUT2D eigenvalue weighted by Crippen LogP contribution is -2.24. The van der Waals surface area contributed by atoms with E-state index in [-0.39, 0.29) is 17.6 Å². The topological polar surface area (TPSA) is 27.7 Å². The van der Waals surface area contributed by atoms with Crippen LogP contribution in [0.15, 0.2) is 0 Å². The maximum atomic E-state index is 5.61. The Morgan fingerprint density at radius 2 is 1.71 bits per heavy atom. The van der Waals surface area contributed by atoms with Gasteiger partial charge in [-0.3, -0.25) is 0 Å². The van der Waals surface area contributed by atoms with Crippen molar-refractivity contribution < 1.29 is 13.6 Å². The first-order valence-electron chi connectivity index (χ1n) is 5.13. The molecule has 0 aliphatic carbocycles. The van der Waals surface area contributed by atoms with Gasteiger partial charge in [0.05, 0.1) is 18.8 Å². The molecule has 84 valence electrons.